The van der Waals surface area contributed by atoms with E-state index in [0.717, 1.165) is 17.0 Å². The Balaban J connectivity index is 2.18. The minimum absolute atomic E-state index is 0.0166. The van der Waals surface area contributed by atoms with Gasteiger partial charge in [0.05, 0.1) is 23.6 Å². The first-order valence-corrected chi connectivity index (χ1v) is 6.71. The highest BCUT2D eigenvalue weighted by Gasteiger charge is 2.33. The fraction of sp³-hybridized carbons (Fsp3) is 0.143. The molecule has 0 unspecified atom stereocenters. The van der Waals surface area contributed by atoms with Crippen molar-refractivity contribution in [2.24, 2.45) is 0 Å². The molecule has 1 aromatic carbocycles. The lowest BCUT2D eigenvalue weighted by atomic mass is 10.1. The summed E-state index contributed by atoms with van der Waals surface area (Å²) in [7, 11) is 0. The number of hydrogen-bond donors (Lipinski definition) is 1. The molecule has 0 atom stereocenters. The van der Waals surface area contributed by atoms with Crippen molar-refractivity contribution >= 4 is 22.9 Å². The zero-order valence-corrected chi connectivity index (χ0v) is 11.4. The predicted molar refractivity (Wildman–Crippen MR) is 72.8 cm³/mol. The first-order chi connectivity index (χ1) is 9.90. The molecule has 0 radical (unpaired) electrons. The van der Waals surface area contributed by atoms with Crippen LogP contribution in [-0.2, 0) is 17.4 Å². The van der Waals surface area contributed by atoms with Crippen LogP contribution in [0.4, 0.5) is 18.9 Å². The van der Waals surface area contributed by atoms with Crippen molar-refractivity contribution in [2.45, 2.75) is 12.6 Å². The van der Waals surface area contributed by atoms with Gasteiger partial charge in [-0.3, -0.25) is 4.79 Å². The normalized spacial score (nSPS) is 11.0. The number of amides is 1. The van der Waals surface area contributed by atoms with Crippen LogP contribution in [0.15, 0.2) is 35.7 Å². The van der Waals surface area contributed by atoms with Crippen molar-refractivity contribution in [2.75, 3.05) is 5.32 Å². The number of nitrogens with zero attached hydrogens (tertiary/aromatic N) is 1. The standard InChI is InChI=1S/C14H9F3N2OS/c15-14(16,17)12-6-10(4-3-9(12)8-18)19-13(20)7-11-2-1-5-21-11/h1-6H,7H2,(H,19,20). The molecule has 0 spiro atoms. The van der Waals surface area contributed by atoms with E-state index in [1.807, 2.05) is 5.38 Å². The van der Waals surface area contributed by atoms with E-state index in [1.54, 1.807) is 12.1 Å². The second kappa shape index (κ2) is 5.97. The molecule has 0 aliphatic heterocycles. The van der Waals surface area contributed by atoms with Crippen LogP contribution in [0.25, 0.3) is 0 Å². The van der Waals surface area contributed by atoms with Gasteiger partial charge in [0, 0.05) is 10.6 Å². The van der Waals surface area contributed by atoms with Crippen LogP contribution in [0.1, 0.15) is 16.0 Å². The number of carbonyl (C=O) groups is 1. The van der Waals surface area contributed by atoms with Crippen molar-refractivity contribution in [1.29, 1.82) is 5.26 Å². The molecular formula is C14H9F3N2OS. The van der Waals surface area contributed by atoms with Crippen LogP contribution in [0.3, 0.4) is 0 Å². The van der Waals surface area contributed by atoms with Gasteiger partial charge >= 0.3 is 6.18 Å². The number of hydrogen-bond acceptors (Lipinski definition) is 3. The van der Waals surface area contributed by atoms with E-state index in [0.29, 0.717) is 0 Å². The topological polar surface area (TPSA) is 52.9 Å². The number of carbonyl (C=O) groups excluding carboxylic acids is 1. The molecule has 0 aliphatic carbocycles. The lowest BCUT2D eigenvalue weighted by molar-refractivity contribution is -0.137. The summed E-state index contributed by atoms with van der Waals surface area (Å²) < 4.78 is 38.4. The molecule has 2 rings (SSSR count). The largest absolute Gasteiger partial charge is 0.417 e. The molecular weight excluding hydrogens is 301 g/mol. The maximum atomic E-state index is 12.8. The first-order valence-electron chi connectivity index (χ1n) is 5.83. The molecule has 0 aliphatic rings. The monoisotopic (exact) mass is 310 g/mol. The Morgan fingerprint density at radius 3 is 2.67 bits per heavy atom. The highest BCUT2D eigenvalue weighted by Crippen LogP contribution is 2.33. The van der Waals surface area contributed by atoms with E-state index >= 15 is 0 Å². The fourth-order valence-corrected chi connectivity index (χ4v) is 2.43. The van der Waals surface area contributed by atoms with Crippen molar-refractivity contribution < 1.29 is 18.0 Å². The van der Waals surface area contributed by atoms with E-state index in [9.17, 15) is 18.0 Å². The quantitative estimate of drug-likeness (QED) is 0.937. The molecule has 7 heteroatoms. The Bertz CT molecular complexity index is 687. The SMILES string of the molecule is N#Cc1ccc(NC(=O)Cc2cccs2)cc1C(F)(F)F. The summed E-state index contributed by atoms with van der Waals surface area (Å²) in [6, 6.07) is 8.14. The van der Waals surface area contributed by atoms with Gasteiger partial charge < -0.3 is 5.32 Å². The molecule has 2 aromatic rings. The van der Waals surface area contributed by atoms with Gasteiger partial charge in [0.25, 0.3) is 0 Å². The second-order valence-corrected chi connectivity index (χ2v) is 5.21. The van der Waals surface area contributed by atoms with Crippen LogP contribution in [0, 0.1) is 11.3 Å². The Labute approximate surface area is 122 Å². The summed E-state index contributed by atoms with van der Waals surface area (Å²) >= 11 is 1.39. The summed E-state index contributed by atoms with van der Waals surface area (Å²) in [6.45, 7) is 0. The molecule has 0 fully saturated rings. The smallest absolute Gasteiger partial charge is 0.326 e. The fourth-order valence-electron chi connectivity index (χ4n) is 1.73. The molecule has 1 N–H and O–H groups in total. The zero-order valence-electron chi connectivity index (χ0n) is 10.6. The van der Waals surface area contributed by atoms with Crippen LogP contribution in [0.2, 0.25) is 0 Å². The zero-order chi connectivity index (χ0) is 15.5. The van der Waals surface area contributed by atoms with Gasteiger partial charge in [-0.25, -0.2) is 0 Å². The predicted octanol–water partition coefficient (Wildman–Crippen LogP) is 3.82. The summed E-state index contributed by atoms with van der Waals surface area (Å²) in [5.41, 5.74) is -1.51. The molecule has 3 nitrogen and oxygen atoms in total. The van der Waals surface area contributed by atoms with E-state index in [-0.39, 0.29) is 12.1 Å². The minimum atomic E-state index is -4.64. The van der Waals surface area contributed by atoms with Crippen molar-refractivity contribution in [3.8, 4) is 6.07 Å². The number of benzene rings is 1. The third kappa shape index (κ3) is 3.83. The maximum Gasteiger partial charge on any atom is 0.417 e. The number of thiophene rings is 1. The highest BCUT2D eigenvalue weighted by molar-refractivity contribution is 7.10. The van der Waals surface area contributed by atoms with Crippen LogP contribution in [0.5, 0.6) is 0 Å². The van der Waals surface area contributed by atoms with Crippen LogP contribution >= 0.6 is 11.3 Å². The van der Waals surface area contributed by atoms with Gasteiger partial charge in [-0.1, -0.05) is 6.07 Å². The number of nitrogens with one attached hydrogen (secondary N) is 1. The number of nitriles is 1. The van der Waals surface area contributed by atoms with Crippen molar-refractivity contribution in [1.82, 2.24) is 0 Å². The van der Waals surface area contributed by atoms with E-state index in [4.69, 9.17) is 5.26 Å². The molecule has 1 heterocycles. The molecule has 108 valence electrons. The van der Waals surface area contributed by atoms with Crippen LogP contribution < -0.4 is 5.32 Å². The van der Waals surface area contributed by atoms with E-state index < -0.39 is 23.2 Å². The molecule has 0 saturated heterocycles. The minimum Gasteiger partial charge on any atom is -0.326 e. The Morgan fingerprint density at radius 2 is 2.10 bits per heavy atom. The summed E-state index contributed by atoms with van der Waals surface area (Å²) in [6.07, 6.45) is -4.54. The molecule has 0 bridgehead atoms. The Hall–Kier alpha value is -2.33. The van der Waals surface area contributed by atoms with Gasteiger partial charge in [-0.05, 0) is 29.6 Å². The number of anilines is 1. The molecule has 1 amide bonds. The average Bonchev–Trinajstić information content (AvgIpc) is 2.90. The third-order valence-electron chi connectivity index (χ3n) is 2.64. The van der Waals surface area contributed by atoms with E-state index in [1.165, 1.54) is 23.5 Å². The average molecular weight is 310 g/mol. The number of rotatable bonds is 3. The van der Waals surface area contributed by atoms with Gasteiger partial charge in [-0.2, -0.15) is 18.4 Å². The maximum absolute atomic E-state index is 12.8. The van der Waals surface area contributed by atoms with Crippen molar-refractivity contribution in [3.63, 3.8) is 0 Å². The highest BCUT2D eigenvalue weighted by atomic mass is 32.1. The van der Waals surface area contributed by atoms with Gasteiger partial charge in [0.15, 0.2) is 0 Å². The van der Waals surface area contributed by atoms with E-state index in [2.05, 4.69) is 5.32 Å². The summed E-state index contributed by atoms with van der Waals surface area (Å²) in [4.78, 5) is 12.6. The number of alkyl halides is 3. The molecule has 21 heavy (non-hydrogen) atoms. The lowest BCUT2D eigenvalue weighted by Gasteiger charge is -2.11. The van der Waals surface area contributed by atoms with Gasteiger partial charge in [0.2, 0.25) is 5.91 Å². The number of halogens is 3. The summed E-state index contributed by atoms with van der Waals surface area (Å²) in [5, 5.41) is 12.9. The molecule has 1 aromatic heterocycles. The van der Waals surface area contributed by atoms with Crippen LogP contribution in [-0.4, -0.2) is 5.91 Å². The third-order valence-corrected chi connectivity index (χ3v) is 3.52. The summed E-state index contributed by atoms with van der Waals surface area (Å²) in [5.74, 6) is -0.407. The first kappa shape index (κ1) is 15.1. The Morgan fingerprint density at radius 1 is 1.33 bits per heavy atom. The Kier molecular flexibility index (Phi) is 4.29. The second-order valence-electron chi connectivity index (χ2n) is 4.17. The lowest BCUT2D eigenvalue weighted by Crippen LogP contribution is -2.15. The molecule has 0 saturated carbocycles. The van der Waals surface area contributed by atoms with Gasteiger partial charge in [-0.15, -0.1) is 11.3 Å². The van der Waals surface area contributed by atoms with Gasteiger partial charge in [0.1, 0.15) is 0 Å². The van der Waals surface area contributed by atoms with Crippen molar-refractivity contribution in [3.05, 3.63) is 51.7 Å².